The van der Waals surface area contributed by atoms with Crippen molar-refractivity contribution >= 4 is 0 Å². The number of ether oxygens (including phenoxy) is 5. The number of nitriles is 1. The molecule has 0 aliphatic rings. The van der Waals surface area contributed by atoms with Crippen molar-refractivity contribution < 1.29 is 23.7 Å². The molecule has 0 bridgehead atoms. The van der Waals surface area contributed by atoms with Gasteiger partial charge >= 0.3 is 0 Å². The van der Waals surface area contributed by atoms with Gasteiger partial charge in [0.1, 0.15) is 0 Å². The summed E-state index contributed by atoms with van der Waals surface area (Å²) in [6.07, 6.45) is 4.00. The van der Waals surface area contributed by atoms with Crippen LogP contribution in [0.1, 0.15) is 50.7 Å². The molecule has 2 aromatic carbocycles. The quantitative estimate of drug-likeness (QED) is 0.257. The molecule has 0 aliphatic heterocycles. The normalized spacial score (nSPS) is 13.6. The molecule has 8 heteroatoms. The van der Waals surface area contributed by atoms with Gasteiger partial charge in [-0.3, -0.25) is 0 Å². The van der Waals surface area contributed by atoms with Crippen LogP contribution in [0.15, 0.2) is 40.6 Å². The molecule has 2 unspecified atom stereocenters. The Balaban J connectivity index is 2.21. The number of methoxy groups -OCH3 is 5. The predicted octanol–water partition coefficient (Wildman–Crippen LogP) is 6.40. The summed E-state index contributed by atoms with van der Waals surface area (Å²) >= 11 is 0. The van der Waals surface area contributed by atoms with Crippen LogP contribution in [0.5, 0.6) is 28.7 Å². The van der Waals surface area contributed by atoms with Gasteiger partial charge in [-0.25, -0.2) is 0 Å². The fraction of sp³-hybridized carbons (Fsp3) is 0.552. The molecule has 0 aromatic heterocycles. The van der Waals surface area contributed by atoms with Crippen molar-refractivity contribution in [3.63, 3.8) is 0 Å². The van der Waals surface area contributed by atoms with Crippen LogP contribution in [0, 0.1) is 17.2 Å². The largest absolute Gasteiger partial charge is 0.493 e. The average Bonchev–Trinajstić information content (AvgIpc) is 2.92. The Labute approximate surface area is 221 Å². The molecule has 0 spiro atoms. The first-order valence-corrected chi connectivity index (χ1v) is 12.6. The maximum Gasteiger partial charge on any atom is 0.203 e. The molecule has 0 aliphatic carbocycles. The molecule has 0 saturated heterocycles. The average molecular weight is 512 g/mol. The van der Waals surface area contributed by atoms with Gasteiger partial charge in [0, 0.05) is 7.05 Å². The van der Waals surface area contributed by atoms with Crippen molar-refractivity contribution in [2.45, 2.75) is 57.4 Å². The maximum atomic E-state index is 10.4. The summed E-state index contributed by atoms with van der Waals surface area (Å²) in [5, 5.41) is 19.0. The van der Waals surface area contributed by atoms with Gasteiger partial charge in [-0.05, 0) is 73.4 Å². The summed E-state index contributed by atoms with van der Waals surface area (Å²) in [6, 6.07) is 12.4. The van der Waals surface area contributed by atoms with E-state index < -0.39 is 5.41 Å². The summed E-state index contributed by atoms with van der Waals surface area (Å²) in [5.41, 5.74) is 1.29. The molecule has 0 N–H and O–H groups in total. The van der Waals surface area contributed by atoms with Crippen LogP contribution < -0.4 is 23.7 Å². The van der Waals surface area contributed by atoms with Gasteiger partial charge in [0.25, 0.3) is 0 Å². The first-order valence-electron chi connectivity index (χ1n) is 12.6. The van der Waals surface area contributed by atoms with Gasteiger partial charge < -0.3 is 23.7 Å². The highest BCUT2D eigenvalue weighted by molar-refractivity contribution is 5.56. The number of benzene rings is 2. The van der Waals surface area contributed by atoms with Gasteiger partial charge in [0.15, 0.2) is 23.0 Å². The SMILES string of the molecule is CN=NC(CCCC(C#N)(c1cc(OC)c(OC)c(OC)c1)C(C)C)CCc1ccc(OC)c(OC)c1. The van der Waals surface area contributed by atoms with E-state index in [0.717, 1.165) is 42.6 Å². The molecule has 2 rings (SSSR count). The number of aryl methyl sites for hydroxylation is 1. The van der Waals surface area contributed by atoms with Crippen molar-refractivity contribution in [3.05, 3.63) is 41.5 Å². The van der Waals surface area contributed by atoms with Crippen molar-refractivity contribution in [3.8, 4) is 34.8 Å². The molecule has 0 heterocycles. The molecule has 0 amide bonds. The minimum Gasteiger partial charge on any atom is -0.493 e. The summed E-state index contributed by atoms with van der Waals surface area (Å²) in [6.45, 7) is 4.15. The second-order valence-electron chi connectivity index (χ2n) is 9.24. The highest BCUT2D eigenvalue weighted by Crippen LogP contribution is 2.45. The van der Waals surface area contributed by atoms with Crippen LogP contribution in [0.25, 0.3) is 0 Å². The Kier molecular flexibility index (Phi) is 11.5. The summed E-state index contributed by atoms with van der Waals surface area (Å²) in [5.74, 6) is 3.11. The number of hydrogen-bond acceptors (Lipinski definition) is 8. The highest BCUT2D eigenvalue weighted by Gasteiger charge is 2.37. The van der Waals surface area contributed by atoms with Gasteiger partial charge in [-0.1, -0.05) is 19.9 Å². The first kappa shape index (κ1) is 29.8. The van der Waals surface area contributed by atoms with Crippen LogP contribution in [-0.4, -0.2) is 48.6 Å². The Morgan fingerprint density at radius 1 is 0.838 bits per heavy atom. The second kappa shape index (κ2) is 14.3. The first-order chi connectivity index (χ1) is 17.8. The lowest BCUT2D eigenvalue weighted by atomic mass is 9.69. The topological polar surface area (TPSA) is 94.7 Å². The molecule has 0 saturated carbocycles. The van der Waals surface area contributed by atoms with Crippen LogP contribution in [0.2, 0.25) is 0 Å². The van der Waals surface area contributed by atoms with Crippen LogP contribution in [0.3, 0.4) is 0 Å². The van der Waals surface area contributed by atoms with Crippen LogP contribution in [-0.2, 0) is 11.8 Å². The van der Waals surface area contributed by atoms with E-state index in [2.05, 4.69) is 30.1 Å². The molecule has 2 aromatic rings. The van der Waals surface area contributed by atoms with Crippen molar-refractivity contribution in [1.82, 2.24) is 0 Å². The smallest absolute Gasteiger partial charge is 0.203 e. The minimum absolute atomic E-state index is 0.0570. The van der Waals surface area contributed by atoms with E-state index in [1.54, 1.807) is 42.6 Å². The van der Waals surface area contributed by atoms with E-state index in [4.69, 9.17) is 23.7 Å². The predicted molar refractivity (Wildman–Crippen MR) is 145 cm³/mol. The third-order valence-electron chi connectivity index (χ3n) is 6.97. The van der Waals surface area contributed by atoms with E-state index in [0.29, 0.717) is 29.4 Å². The molecule has 8 nitrogen and oxygen atoms in total. The Hall–Kier alpha value is -3.47. The molecule has 0 radical (unpaired) electrons. The van der Waals surface area contributed by atoms with Gasteiger partial charge in [-0.2, -0.15) is 15.5 Å². The molecule has 37 heavy (non-hydrogen) atoms. The second-order valence-corrected chi connectivity index (χ2v) is 9.24. The van der Waals surface area contributed by atoms with E-state index >= 15 is 0 Å². The number of nitrogens with zero attached hydrogens (tertiary/aromatic N) is 3. The molecule has 2 atom stereocenters. The van der Waals surface area contributed by atoms with Crippen LogP contribution in [0.4, 0.5) is 0 Å². The van der Waals surface area contributed by atoms with E-state index in [1.807, 2.05) is 30.3 Å². The third kappa shape index (κ3) is 7.06. The monoisotopic (exact) mass is 511 g/mol. The summed E-state index contributed by atoms with van der Waals surface area (Å²) in [4.78, 5) is 0. The van der Waals surface area contributed by atoms with Gasteiger partial charge in [-0.15, -0.1) is 0 Å². The maximum absolute atomic E-state index is 10.4. The lowest BCUT2D eigenvalue weighted by molar-refractivity contribution is 0.315. The van der Waals surface area contributed by atoms with Gasteiger partial charge in [0.05, 0.1) is 53.1 Å². The summed E-state index contributed by atoms with van der Waals surface area (Å²) < 4.78 is 27.4. The number of hydrogen-bond donors (Lipinski definition) is 0. The van der Waals surface area contributed by atoms with Gasteiger partial charge in [0.2, 0.25) is 5.75 Å². The van der Waals surface area contributed by atoms with E-state index in [9.17, 15) is 5.26 Å². The molecule has 0 fully saturated rings. The molecule has 202 valence electrons. The van der Waals surface area contributed by atoms with Crippen molar-refractivity contribution in [2.75, 3.05) is 42.6 Å². The Bertz CT molecular complexity index is 1050. The third-order valence-corrected chi connectivity index (χ3v) is 6.97. The highest BCUT2D eigenvalue weighted by atomic mass is 16.5. The van der Waals surface area contributed by atoms with E-state index in [1.165, 1.54) is 0 Å². The number of rotatable bonds is 15. The Morgan fingerprint density at radius 3 is 1.95 bits per heavy atom. The zero-order chi connectivity index (χ0) is 27.4. The fourth-order valence-corrected chi connectivity index (χ4v) is 4.76. The fourth-order valence-electron chi connectivity index (χ4n) is 4.76. The molecular formula is C29H41N3O5. The minimum atomic E-state index is -0.718. The van der Waals surface area contributed by atoms with Crippen LogP contribution >= 0.6 is 0 Å². The lowest BCUT2D eigenvalue weighted by Crippen LogP contribution is -2.31. The van der Waals surface area contributed by atoms with Crippen molar-refractivity contribution in [2.24, 2.45) is 16.1 Å². The zero-order valence-corrected chi connectivity index (χ0v) is 23.5. The Morgan fingerprint density at radius 2 is 1.46 bits per heavy atom. The van der Waals surface area contributed by atoms with Crippen molar-refractivity contribution in [1.29, 1.82) is 5.26 Å². The molecular weight excluding hydrogens is 470 g/mol. The van der Waals surface area contributed by atoms with E-state index in [-0.39, 0.29) is 12.0 Å². The number of azo groups is 1. The standard InChI is InChI=1S/C29H41N3O5/c1-20(2)29(19-30,22-17-26(35-6)28(37-8)27(18-22)36-7)15-9-10-23(32-31-3)13-11-21-12-14-24(33-4)25(16-21)34-5/h12,14,16-18,20,23H,9-11,13,15H2,1-8H3. The lowest BCUT2D eigenvalue weighted by Gasteiger charge is -2.32. The summed E-state index contributed by atoms with van der Waals surface area (Å²) in [7, 11) is 9.72. The zero-order valence-electron chi connectivity index (χ0n) is 23.5.